The Kier molecular flexibility index (Phi) is 13.5. The van der Waals surface area contributed by atoms with Crippen LogP contribution < -0.4 is 9.80 Å². The predicted molar refractivity (Wildman–Crippen MR) is 462 cm³/mol. The quantitative estimate of drug-likeness (QED) is 0.122. The summed E-state index contributed by atoms with van der Waals surface area (Å²) in [5.41, 5.74) is 33.0. The molecule has 23 rings (SSSR count). The average Bonchev–Trinajstić information content (AvgIpc) is 1.49. The molecule has 0 atom stereocenters. The minimum atomic E-state index is 0.859. The number of nitrogens with zero attached hydrogens (tertiary/aromatic N) is 4. The lowest BCUT2D eigenvalue weighted by Crippen LogP contribution is -2.13. The largest absolute Gasteiger partial charge is 0.454 e. The molecule has 0 radical (unpaired) electrons. The van der Waals surface area contributed by atoms with Gasteiger partial charge in [0, 0.05) is 98.3 Å². The van der Waals surface area contributed by atoms with Gasteiger partial charge in [-0.2, -0.15) is 0 Å². The van der Waals surface area contributed by atoms with E-state index in [0.29, 0.717) is 0 Å². The highest BCUT2D eigenvalue weighted by Gasteiger charge is 2.33. The van der Waals surface area contributed by atoms with Gasteiger partial charge in [-0.3, -0.25) is 0 Å². The van der Waals surface area contributed by atoms with Crippen LogP contribution in [0, 0.1) is 13.8 Å². The number of hydrogen-bond acceptors (Lipinski definition) is 4. The molecule has 6 heterocycles. The van der Waals surface area contributed by atoms with E-state index >= 15 is 0 Å². The molecule has 0 unspecified atom stereocenters. The number of furan rings is 2. The molecular formula is C104H66N4O2. The molecule has 0 saturated heterocycles. The Hall–Kier alpha value is -14.5. The SMILES string of the molecule is Cc1ccc2c(oc3ccccc32)c1N(c1ccc(-c2cccc3c2c2cccc4c5c(-c6ccccc6)c6c(c(-c7ccccc7)c5n3c24)c2cccc3c4c(-c5ccc(N(c7ccccc7-c7ccccc7)c7c(C)ccc8c7oc7ccccc78)cc5)cccc4n6c32)cc1)c1ccccc1-c1ccccc1. The molecule has 0 fully saturated rings. The van der Waals surface area contributed by atoms with Crippen LogP contribution in [0.3, 0.4) is 0 Å². The summed E-state index contributed by atoms with van der Waals surface area (Å²) in [5, 5.41) is 14.2. The maximum Gasteiger partial charge on any atom is 0.159 e. The molecule has 0 bridgehead atoms. The normalized spacial score (nSPS) is 12.1. The zero-order chi connectivity index (χ0) is 72.4. The van der Waals surface area contributed by atoms with E-state index in [1.165, 1.54) is 98.5 Å². The van der Waals surface area contributed by atoms with Crippen molar-refractivity contribution in [3.8, 4) is 66.8 Å². The van der Waals surface area contributed by atoms with E-state index in [4.69, 9.17) is 8.83 Å². The highest BCUT2D eigenvalue weighted by Crippen LogP contribution is 2.57. The Morgan fingerprint density at radius 3 is 0.955 bits per heavy atom. The molecular weight excluding hydrogens is 1340 g/mol. The zero-order valence-corrected chi connectivity index (χ0v) is 60.2. The number of fused-ring (bicyclic) bond motifs is 18. The van der Waals surface area contributed by atoms with Crippen molar-refractivity contribution >= 4 is 154 Å². The smallest absolute Gasteiger partial charge is 0.159 e. The number of para-hydroxylation sites is 6. The van der Waals surface area contributed by atoms with Gasteiger partial charge in [0.15, 0.2) is 11.2 Å². The summed E-state index contributed by atoms with van der Waals surface area (Å²) < 4.78 is 19.1. The fourth-order valence-electron chi connectivity index (χ4n) is 18.8. The van der Waals surface area contributed by atoms with Gasteiger partial charge in [0.2, 0.25) is 0 Å². The molecule has 0 aliphatic carbocycles. The molecule has 0 aliphatic heterocycles. The second kappa shape index (κ2) is 24.0. The molecule has 0 spiro atoms. The summed E-state index contributed by atoms with van der Waals surface area (Å²) in [6.45, 7) is 4.40. The van der Waals surface area contributed by atoms with Gasteiger partial charge in [-0.15, -0.1) is 0 Å². The minimum Gasteiger partial charge on any atom is -0.454 e. The number of rotatable bonds is 12. The maximum atomic E-state index is 6.92. The van der Waals surface area contributed by atoms with Crippen LogP contribution in [0.2, 0.25) is 0 Å². The minimum absolute atomic E-state index is 0.859. The van der Waals surface area contributed by atoms with E-state index in [9.17, 15) is 0 Å². The van der Waals surface area contributed by atoms with Crippen LogP contribution in [0.4, 0.5) is 34.1 Å². The zero-order valence-electron chi connectivity index (χ0n) is 60.2. The van der Waals surface area contributed by atoms with E-state index in [1.807, 2.05) is 0 Å². The van der Waals surface area contributed by atoms with Gasteiger partial charge in [-0.25, -0.2) is 0 Å². The molecule has 0 aliphatic rings. The molecule has 23 aromatic rings. The van der Waals surface area contributed by atoms with Crippen molar-refractivity contribution in [2.45, 2.75) is 13.8 Å². The van der Waals surface area contributed by atoms with Gasteiger partial charge >= 0.3 is 0 Å². The van der Waals surface area contributed by atoms with Crippen LogP contribution >= 0.6 is 0 Å². The number of aromatic nitrogens is 2. The van der Waals surface area contributed by atoms with E-state index in [0.717, 1.165) is 134 Å². The first-order valence-electron chi connectivity index (χ1n) is 37.9. The van der Waals surface area contributed by atoms with Gasteiger partial charge in [0.25, 0.3) is 0 Å². The molecule has 0 amide bonds. The van der Waals surface area contributed by atoms with Gasteiger partial charge in [0.1, 0.15) is 11.2 Å². The third kappa shape index (κ3) is 8.93. The highest BCUT2D eigenvalue weighted by molar-refractivity contribution is 6.39. The summed E-state index contributed by atoms with van der Waals surface area (Å²) in [6, 6.07) is 134. The summed E-state index contributed by atoms with van der Waals surface area (Å²) in [5.74, 6) is 0. The maximum absolute atomic E-state index is 6.92. The lowest BCUT2D eigenvalue weighted by atomic mass is 9.89. The third-order valence-electron chi connectivity index (χ3n) is 23.4. The second-order valence-electron chi connectivity index (χ2n) is 29.3. The predicted octanol–water partition coefficient (Wildman–Crippen LogP) is 29.3. The van der Waals surface area contributed by atoms with E-state index < -0.39 is 0 Å². The summed E-state index contributed by atoms with van der Waals surface area (Å²) in [6.07, 6.45) is 0. The number of anilines is 6. The Morgan fingerprint density at radius 2 is 0.545 bits per heavy atom. The monoisotopic (exact) mass is 1400 g/mol. The first-order valence-corrected chi connectivity index (χ1v) is 37.9. The van der Waals surface area contributed by atoms with Crippen LogP contribution in [-0.4, -0.2) is 8.80 Å². The molecule has 6 nitrogen and oxygen atoms in total. The number of aryl methyl sites for hydroxylation is 2. The summed E-state index contributed by atoms with van der Waals surface area (Å²) in [7, 11) is 0. The van der Waals surface area contributed by atoms with Gasteiger partial charge in [-0.05, 0) is 130 Å². The fraction of sp³-hybridized carbons (Fsp3) is 0.0192. The van der Waals surface area contributed by atoms with Crippen LogP contribution in [0.25, 0.3) is 187 Å². The summed E-state index contributed by atoms with van der Waals surface area (Å²) >= 11 is 0. The molecule has 17 aromatic carbocycles. The van der Waals surface area contributed by atoms with E-state index in [-0.39, 0.29) is 0 Å². The van der Waals surface area contributed by atoms with Crippen LogP contribution in [0.1, 0.15) is 11.1 Å². The average molecular weight is 1400 g/mol. The molecule has 0 saturated carbocycles. The van der Waals surface area contributed by atoms with E-state index in [2.05, 4.69) is 396 Å². The van der Waals surface area contributed by atoms with Crippen molar-refractivity contribution in [3.63, 3.8) is 0 Å². The van der Waals surface area contributed by atoms with Crippen molar-refractivity contribution in [1.29, 1.82) is 0 Å². The Bertz CT molecular complexity index is 7180. The highest BCUT2D eigenvalue weighted by atomic mass is 16.3. The Balaban J connectivity index is 0.730. The second-order valence-corrected chi connectivity index (χ2v) is 29.3. The first-order chi connectivity index (χ1) is 54.5. The lowest BCUT2D eigenvalue weighted by Gasteiger charge is -2.29. The van der Waals surface area contributed by atoms with Crippen LogP contribution in [0.5, 0.6) is 0 Å². The standard InChI is InChI=1S/C104H66N4O2/c1-63-51-61-79-77-37-17-21-49-89(77)109-103(79)97(63)105(85-45-19-15-35-73(85)65-27-7-3-8-28-65)71-57-53-67(54-58-71)75-39-25-47-87-93(75)81-41-23-43-83-95-92(70-33-13-6-14-34-70)102-96(91(69-31-11-5-12-32-69)101(95)107(87)99(81)83)84-44-24-42-82-94-76(40-26-48-88(94)108(102)100(82)84)68-55-59-72(60-56-68)106(86-46-20-16-36-74(86)66-29-9-4-10-30-66)98-64(2)52-62-80-78-38-18-22-50-90(78)110-104(80)98/h3-62H,1-2H3. The van der Waals surface area contributed by atoms with E-state index in [1.54, 1.807) is 0 Å². The van der Waals surface area contributed by atoms with Gasteiger partial charge in [-0.1, -0.05) is 303 Å². The van der Waals surface area contributed by atoms with Crippen molar-refractivity contribution in [3.05, 3.63) is 375 Å². The van der Waals surface area contributed by atoms with Crippen molar-refractivity contribution in [2.24, 2.45) is 0 Å². The number of hydrogen-bond donors (Lipinski definition) is 0. The molecule has 6 aromatic heterocycles. The number of benzene rings is 17. The van der Waals surface area contributed by atoms with Crippen LogP contribution in [-0.2, 0) is 0 Å². The van der Waals surface area contributed by atoms with Gasteiger partial charge < -0.3 is 27.4 Å². The molecule has 0 N–H and O–H groups in total. The third-order valence-corrected chi connectivity index (χ3v) is 23.4. The molecule has 110 heavy (non-hydrogen) atoms. The summed E-state index contributed by atoms with van der Waals surface area (Å²) in [4.78, 5) is 4.83. The molecule has 514 valence electrons. The van der Waals surface area contributed by atoms with Crippen molar-refractivity contribution in [1.82, 2.24) is 8.80 Å². The molecule has 6 heteroatoms. The fourth-order valence-corrected chi connectivity index (χ4v) is 18.8. The first kappa shape index (κ1) is 61.8. The van der Waals surface area contributed by atoms with Crippen LogP contribution in [0.15, 0.2) is 373 Å². The Morgan fingerprint density at radius 1 is 0.227 bits per heavy atom. The van der Waals surface area contributed by atoms with Crippen molar-refractivity contribution in [2.75, 3.05) is 9.80 Å². The van der Waals surface area contributed by atoms with Crippen molar-refractivity contribution < 1.29 is 8.83 Å². The lowest BCUT2D eigenvalue weighted by molar-refractivity contribution is 0.668. The topological polar surface area (TPSA) is 41.6 Å². The Labute approximate surface area is 633 Å². The van der Waals surface area contributed by atoms with Gasteiger partial charge in [0.05, 0.1) is 55.8 Å².